The first-order valence-corrected chi connectivity index (χ1v) is 6.51. The molecular formula is C14H17N5. The van der Waals surface area contributed by atoms with Gasteiger partial charge in [0.05, 0.1) is 12.2 Å². The highest BCUT2D eigenvalue weighted by Gasteiger charge is 2.27. The van der Waals surface area contributed by atoms with Crippen LogP contribution in [0.4, 0.5) is 11.6 Å². The number of aromatic nitrogens is 3. The Labute approximate surface area is 112 Å². The van der Waals surface area contributed by atoms with E-state index in [2.05, 4.69) is 20.3 Å². The van der Waals surface area contributed by atoms with E-state index in [-0.39, 0.29) is 0 Å². The van der Waals surface area contributed by atoms with Gasteiger partial charge in [-0.2, -0.15) is 0 Å². The molecule has 1 aliphatic carbocycles. The Morgan fingerprint density at radius 2 is 2.21 bits per heavy atom. The summed E-state index contributed by atoms with van der Waals surface area (Å²) in [6.45, 7) is 2.70. The van der Waals surface area contributed by atoms with Crippen LogP contribution >= 0.6 is 0 Å². The molecule has 0 aromatic carbocycles. The second kappa shape index (κ2) is 4.84. The first-order chi connectivity index (χ1) is 9.22. The lowest BCUT2D eigenvalue weighted by molar-refractivity contribution is 0.919. The summed E-state index contributed by atoms with van der Waals surface area (Å²) < 4.78 is 0. The van der Waals surface area contributed by atoms with Crippen molar-refractivity contribution >= 4 is 11.6 Å². The van der Waals surface area contributed by atoms with Gasteiger partial charge in [-0.15, -0.1) is 0 Å². The summed E-state index contributed by atoms with van der Waals surface area (Å²) >= 11 is 0. The summed E-state index contributed by atoms with van der Waals surface area (Å²) in [5, 5.41) is 3.27. The predicted octanol–water partition coefficient (Wildman–Crippen LogP) is 2.25. The van der Waals surface area contributed by atoms with Crippen molar-refractivity contribution in [2.75, 3.05) is 11.1 Å². The van der Waals surface area contributed by atoms with Gasteiger partial charge in [-0.25, -0.2) is 9.97 Å². The topological polar surface area (TPSA) is 76.7 Å². The Balaban J connectivity index is 1.74. The number of hydrogen-bond donors (Lipinski definition) is 2. The molecule has 0 aliphatic heterocycles. The number of rotatable bonds is 4. The molecule has 5 heteroatoms. The number of nitrogen functional groups attached to an aromatic ring is 1. The second-order valence-corrected chi connectivity index (χ2v) is 4.93. The van der Waals surface area contributed by atoms with E-state index in [1.54, 1.807) is 12.3 Å². The highest BCUT2D eigenvalue weighted by Crippen LogP contribution is 2.38. The van der Waals surface area contributed by atoms with E-state index in [1.807, 2.05) is 19.1 Å². The maximum Gasteiger partial charge on any atom is 0.136 e. The fourth-order valence-corrected chi connectivity index (χ4v) is 1.98. The van der Waals surface area contributed by atoms with E-state index >= 15 is 0 Å². The number of hydrogen-bond acceptors (Lipinski definition) is 5. The summed E-state index contributed by atoms with van der Waals surface area (Å²) in [7, 11) is 0. The zero-order valence-corrected chi connectivity index (χ0v) is 10.9. The van der Waals surface area contributed by atoms with Crippen LogP contribution in [0, 0.1) is 6.92 Å². The number of nitrogens with zero attached hydrogens (tertiary/aromatic N) is 3. The van der Waals surface area contributed by atoms with Crippen LogP contribution in [0.5, 0.6) is 0 Å². The third kappa shape index (κ3) is 2.81. The minimum Gasteiger partial charge on any atom is -0.384 e. The van der Waals surface area contributed by atoms with Gasteiger partial charge in [-0.05, 0) is 31.4 Å². The van der Waals surface area contributed by atoms with Crippen molar-refractivity contribution in [2.24, 2.45) is 0 Å². The number of pyridine rings is 1. The van der Waals surface area contributed by atoms with Gasteiger partial charge in [0.15, 0.2) is 0 Å². The minimum absolute atomic E-state index is 0.501. The molecule has 2 aromatic rings. The van der Waals surface area contributed by atoms with Gasteiger partial charge in [0.1, 0.15) is 17.5 Å². The lowest BCUT2D eigenvalue weighted by Gasteiger charge is -2.09. The van der Waals surface area contributed by atoms with E-state index in [0.29, 0.717) is 18.3 Å². The third-order valence-electron chi connectivity index (χ3n) is 3.26. The van der Waals surface area contributed by atoms with Crippen LogP contribution in [0.2, 0.25) is 0 Å². The largest absolute Gasteiger partial charge is 0.384 e. The SMILES string of the molecule is Cc1cccnc1CNc1cc(N)nc(C2CC2)n1. The van der Waals surface area contributed by atoms with Gasteiger partial charge < -0.3 is 11.1 Å². The van der Waals surface area contributed by atoms with Gasteiger partial charge in [0, 0.05) is 18.2 Å². The summed E-state index contributed by atoms with van der Waals surface area (Å²) in [4.78, 5) is 13.1. The van der Waals surface area contributed by atoms with Crippen molar-refractivity contribution in [1.29, 1.82) is 0 Å². The summed E-state index contributed by atoms with van der Waals surface area (Å²) in [6.07, 6.45) is 4.14. The first kappa shape index (κ1) is 11.9. The highest BCUT2D eigenvalue weighted by molar-refractivity contribution is 5.45. The second-order valence-electron chi connectivity index (χ2n) is 4.93. The zero-order chi connectivity index (χ0) is 13.2. The Bertz CT molecular complexity index is 592. The molecule has 0 amide bonds. The Hall–Kier alpha value is -2.17. The minimum atomic E-state index is 0.501. The molecule has 0 atom stereocenters. The average molecular weight is 255 g/mol. The quantitative estimate of drug-likeness (QED) is 0.876. The molecule has 0 radical (unpaired) electrons. The molecule has 2 heterocycles. The first-order valence-electron chi connectivity index (χ1n) is 6.51. The van der Waals surface area contributed by atoms with Gasteiger partial charge in [-0.1, -0.05) is 6.07 Å². The summed E-state index contributed by atoms with van der Waals surface area (Å²) in [6, 6.07) is 5.75. The number of nitrogens with two attached hydrogens (primary N) is 1. The molecule has 0 unspecified atom stereocenters. The van der Waals surface area contributed by atoms with Crippen molar-refractivity contribution in [1.82, 2.24) is 15.0 Å². The van der Waals surface area contributed by atoms with Crippen molar-refractivity contribution < 1.29 is 0 Å². The van der Waals surface area contributed by atoms with Gasteiger partial charge >= 0.3 is 0 Å². The van der Waals surface area contributed by atoms with E-state index in [9.17, 15) is 0 Å². The van der Waals surface area contributed by atoms with Crippen LogP contribution in [0.15, 0.2) is 24.4 Å². The van der Waals surface area contributed by atoms with Crippen molar-refractivity contribution in [3.8, 4) is 0 Å². The molecule has 0 saturated heterocycles. The molecule has 98 valence electrons. The fraction of sp³-hybridized carbons (Fsp3) is 0.357. The van der Waals surface area contributed by atoms with E-state index in [4.69, 9.17) is 5.73 Å². The smallest absolute Gasteiger partial charge is 0.136 e. The Kier molecular flexibility index (Phi) is 3.03. The molecule has 3 rings (SSSR count). The van der Waals surface area contributed by atoms with E-state index in [1.165, 1.54) is 18.4 Å². The van der Waals surface area contributed by atoms with Crippen LogP contribution < -0.4 is 11.1 Å². The molecule has 1 aliphatic rings. The van der Waals surface area contributed by atoms with Crippen LogP contribution in [0.1, 0.15) is 35.8 Å². The monoisotopic (exact) mass is 255 g/mol. The van der Waals surface area contributed by atoms with Crippen molar-refractivity contribution in [3.05, 3.63) is 41.5 Å². The maximum atomic E-state index is 5.82. The summed E-state index contributed by atoms with van der Waals surface area (Å²) in [5.41, 5.74) is 8.00. The Morgan fingerprint density at radius 3 is 2.95 bits per heavy atom. The standard InChI is InChI=1S/C14H17N5/c1-9-3-2-6-16-11(9)8-17-13-7-12(15)18-14(19-13)10-4-5-10/h2-3,6-7,10H,4-5,8H2,1H3,(H3,15,17,18,19). The third-order valence-corrected chi connectivity index (χ3v) is 3.26. The van der Waals surface area contributed by atoms with Gasteiger partial charge in [0.2, 0.25) is 0 Å². The molecule has 3 N–H and O–H groups in total. The fourth-order valence-electron chi connectivity index (χ4n) is 1.98. The molecule has 0 spiro atoms. The molecule has 0 bridgehead atoms. The molecule has 1 saturated carbocycles. The average Bonchev–Trinajstić information content (AvgIpc) is 3.21. The van der Waals surface area contributed by atoms with Crippen molar-refractivity contribution in [2.45, 2.75) is 32.2 Å². The highest BCUT2D eigenvalue weighted by atomic mass is 15.1. The maximum absolute atomic E-state index is 5.82. The van der Waals surface area contributed by atoms with Gasteiger partial charge in [0.25, 0.3) is 0 Å². The molecule has 19 heavy (non-hydrogen) atoms. The summed E-state index contributed by atoms with van der Waals surface area (Å²) in [5.74, 6) is 2.66. The van der Waals surface area contributed by atoms with Crippen LogP contribution in [0.25, 0.3) is 0 Å². The molecular weight excluding hydrogens is 238 g/mol. The number of anilines is 2. The van der Waals surface area contributed by atoms with Crippen LogP contribution in [0.3, 0.4) is 0 Å². The van der Waals surface area contributed by atoms with E-state index < -0.39 is 0 Å². The predicted molar refractivity (Wildman–Crippen MR) is 74.7 cm³/mol. The van der Waals surface area contributed by atoms with Crippen molar-refractivity contribution in [3.63, 3.8) is 0 Å². The number of aryl methyl sites for hydroxylation is 1. The van der Waals surface area contributed by atoms with Crippen LogP contribution in [-0.4, -0.2) is 15.0 Å². The Morgan fingerprint density at radius 1 is 1.37 bits per heavy atom. The molecule has 1 fully saturated rings. The van der Waals surface area contributed by atoms with Gasteiger partial charge in [-0.3, -0.25) is 4.98 Å². The normalized spacial score (nSPS) is 14.4. The lowest BCUT2D eigenvalue weighted by Crippen LogP contribution is -2.08. The van der Waals surface area contributed by atoms with Crippen LogP contribution in [-0.2, 0) is 6.54 Å². The molecule has 5 nitrogen and oxygen atoms in total. The molecule has 2 aromatic heterocycles. The number of nitrogens with one attached hydrogen (secondary N) is 1. The zero-order valence-electron chi connectivity index (χ0n) is 10.9. The lowest BCUT2D eigenvalue weighted by atomic mass is 10.2. The van der Waals surface area contributed by atoms with E-state index in [0.717, 1.165) is 17.3 Å².